The summed E-state index contributed by atoms with van der Waals surface area (Å²) in [6.45, 7) is 0.500. The minimum atomic E-state index is 0. The standard InChI is InChI=1S/C10H11N3.ClH/c11-7-9-6-10(13-12-9)8-4-2-1-3-5-8;/h1-6H,7,11H2,(H,12,13);1H. The minimum Gasteiger partial charge on any atom is -0.325 e. The van der Waals surface area contributed by atoms with Crippen LogP contribution in [-0.4, -0.2) is 10.2 Å². The van der Waals surface area contributed by atoms with Gasteiger partial charge in [0.1, 0.15) is 0 Å². The van der Waals surface area contributed by atoms with E-state index in [4.69, 9.17) is 5.73 Å². The molecule has 74 valence electrons. The van der Waals surface area contributed by atoms with Crippen LogP contribution < -0.4 is 5.73 Å². The molecule has 0 unspecified atom stereocenters. The third kappa shape index (κ3) is 2.13. The van der Waals surface area contributed by atoms with Gasteiger partial charge in [-0.1, -0.05) is 30.3 Å². The van der Waals surface area contributed by atoms with Gasteiger partial charge in [-0.25, -0.2) is 0 Å². The summed E-state index contributed by atoms with van der Waals surface area (Å²) >= 11 is 0. The van der Waals surface area contributed by atoms with Crippen molar-refractivity contribution in [1.29, 1.82) is 0 Å². The molecule has 1 heterocycles. The Balaban J connectivity index is 0.000000980. The second-order valence-electron chi connectivity index (χ2n) is 2.85. The molecule has 0 aliphatic carbocycles. The molecule has 1 aromatic heterocycles. The SMILES string of the molecule is Cl.NCc1cc(-c2ccccc2)n[nH]1. The maximum Gasteiger partial charge on any atom is 0.0924 e. The first-order valence-electron chi connectivity index (χ1n) is 4.20. The van der Waals surface area contributed by atoms with Gasteiger partial charge in [-0.05, 0) is 6.07 Å². The van der Waals surface area contributed by atoms with E-state index in [1.165, 1.54) is 0 Å². The lowest BCUT2D eigenvalue weighted by atomic mass is 10.1. The van der Waals surface area contributed by atoms with Gasteiger partial charge in [-0.15, -0.1) is 12.4 Å². The Morgan fingerprint density at radius 1 is 1.21 bits per heavy atom. The molecule has 2 aromatic rings. The molecule has 0 atom stereocenters. The van der Waals surface area contributed by atoms with Crippen LogP contribution in [0.3, 0.4) is 0 Å². The zero-order valence-corrected chi connectivity index (χ0v) is 8.42. The first kappa shape index (κ1) is 10.8. The highest BCUT2D eigenvalue weighted by Crippen LogP contribution is 2.16. The fraction of sp³-hybridized carbons (Fsp3) is 0.100. The maximum absolute atomic E-state index is 5.47. The highest BCUT2D eigenvalue weighted by Gasteiger charge is 2.00. The molecular weight excluding hydrogens is 198 g/mol. The summed E-state index contributed by atoms with van der Waals surface area (Å²) in [5.41, 5.74) is 8.48. The average molecular weight is 210 g/mol. The van der Waals surface area contributed by atoms with E-state index >= 15 is 0 Å². The predicted molar refractivity (Wildman–Crippen MR) is 59.2 cm³/mol. The van der Waals surface area contributed by atoms with Crippen LogP contribution >= 0.6 is 12.4 Å². The van der Waals surface area contributed by atoms with Gasteiger partial charge in [-0.3, -0.25) is 5.10 Å². The monoisotopic (exact) mass is 209 g/mol. The Labute approximate surface area is 88.7 Å². The van der Waals surface area contributed by atoms with Crippen molar-refractivity contribution in [2.24, 2.45) is 5.73 Å². The van der Waals surface area contributed by atoms with Gasteiger partial charge in [0, 0.05) is 17.8 Å². The van der Waals surface area contributed by atoms with Crippen LogP contribution in [-0.2, 0) is 6.54 Å². The normalized spacial score (nSPS) is 9.50. The van der Waals surface area contributed by atoms with Gasteiger partial charge in [0.05, 0.1) is 5.69 Å². The number of nitrogens with one attached hydrogen (secondary N) is 1. The van der Waals surface area contributed by atoms with Gasteiger partial charge in [0.2, 0.25) is 0 Å². The van der Waals surface area contributed by atoms with Crippen LogP contribution in [0.15, 0.2) is 36.4 Å². The highest BCUT2D eigenvalue weighted by atomic mass is 35.5. The number of hydrogen-bond acceptors (Lipinski definition) is 2. The molecule has 14 heavy (non-hydrogen) atoms. The fourth-order valence-corrected chi connectivity index (χ4v) is 1.22. The molecule has 0 spiro atoms. The number of nitrogens with zero attached hydrogens (tertiary/aromatic N) is 1. The van der Waals surface area contributed by atoms with Crippen LogP contribution in [0.25, 0.3) is 11.3 Å². The number of nitrogens with two attached hydrogens (primary N) is 1. The molecule has 3 nitrogen and oxygen atoms in total. The van der Waals surface area contributed by atoms with E-state index in [0.717, 1.165) is 17.0 Å². The Morgan fingerprint density at radius 2 is 1.93 bits per heavy atom. The van der Waals surface area contributed by atoms with Crippen LogP contribution in [0.1, 0.15) is 5.69 Å². The third-order valence-corrected chi connectivity index (χ3v) is 1.92. The van der Waals surface area contributed by atoms with Crippen molar-refractivity contribution in [3.05, 3.63) is 42.1 Å². The van der Waals surface area contributed by atoms with Crippen molar-refractivity contribution < 1.29 is 0 Å². The smallest absolute Gasteiger partial charge is 0.0924 e. The molecule has 3 N–H and O–H groups in total. The zero-order valence-electron chi connectivity index (χ0n) is 7.60. The van der Waals surface area contributed by atoms with Gasteiger partial charge in [0.25, 0.3) is 0 Å². The Bertz CT molecular complexity index is 383. The van der Waals surface area contributed by atoms with E-state index in [1.807, 2.05) is 36.4 Å². The van der Waals surface area contributed by atoms with Crippen LogP contribution in [0, 0.1) is 0 Å². The summed E-state index contributed by atoms with van der Waals surface area (Å²) in [7, 11) is 0. The fourth-order valence-electron chi connectivity index (χ4n) is 1.22. The molecule has 0 saturated heterocycles. The van der Waals surface area contributed by atoms with E-state index in [1.54, 1.807) is 0 Å². The molecule has 0 aliphatic heterocycles. The van der Waals surface area contributed by atoms with Gasteiger partial charge < -0.3 is 5.73 Å². The lowest BCUT2D eigenvalue weighted by Crippen LogP contribution is -1.95. The quantitative estimate of drug-likeness (QED) is 0.795. The van der Waals surface area contributed by atoms with Crippen molar-refractivity contribution >= 4 is 12.4 Å². The number of aromatic amines is 1. The molecule has 4 heteroatoms. The highest BCUT2D eigenvalue weighted by molar-refractivity contribution is 5.85. The molecule has 0 bridgehead atoms. The van der Waals surface area contributed by atoms with E-state index in [0.29, 0.717) is 6.54 Å². The number of H-pyrrole nitrogens is 1. The molecule has 0 radical (unpaired) electrons. The molecule has 1 aromatic carbocycles. The number of halogens is 1. The Hall–Kier alpha value is -1.32. The largest absolute Gasteiger partial charge is 0.325 e. The van der Waals surface area contributed by atoms with Crippen molar-refractivity contribution in [3.8, 4) is 11.3 Å². The summed E-state index contributed by atoms with van der Waals surface area (Å²) in [4.78, 5) is 0. The molecule has 0 saturated carbocycles. The van der Waals surface area contributed by atoms with E-state index in [9.17, 15) is 0 Å². The lowest BCUT2D eigenvalue weighted by molar-refractivity contribution is 0.948. The molecule has 0 fully saturated rings. The summed E-state index contributed by atoms with van der Waals surface area (Å²) < 4.78 is 0. The zero-order chi connectivity index (χ0) is 9.10. The third-order valence-electron chi connectivity index (χ3n) is 1.92. The maximum atomic E-state index is 5.47. The molecular formula is C10H12ClN3. The van der Waals surface area contributed by atoms with E-state index < -0.39 is 0 Å². The molecule has 0 amide bonds. The number of aromatic nitrogens is 2. The Morgan fingerprint density at radius 3 is 2.50 bits per heavy atom. The predicted octanol–water partition coefficient (Wildman–Crippen LogP) is 1.96. The minimum absolute atomic E-state index is 0. The summed E-state index contributed by atoms with van der Waals surface area (Å²) in [5, 5.41) is 7.03. The van der Waals surface area contributed by atoms with Crippen molar-refractivity contribution in [3.63, 3.8) is 0 Å². The van der Waals surface area contributed by atoms with Crippen LogP contribution in [0.2, 0.25) is 0 Å². The molecule has 2 rings (SSSR count). The second-order valence-corrected chi connectivity index (χ2v) is 2.85. The number of benzene rings is 1. The Kier molecular flexibility index (Phi) is 3.68. The van der Waals surface area contributed by atoms with Gasteiger partial charge in [-0.2, -0.15) is 5.10 Å². The van der Waals surface area contributed by atoms with E-state index in [-0.39, 0.29) is 12.4 Å². The molecule has 0 aliphatic rings. The number of rotatable bonds is 2. The first-order chi connectivity index (χ1) is 6.40. The van der Waals surface area contributed by atoms with Crippen molar-refractivity contribution in [2.75, 3.05) is 0 Å². The topological polar surface area (TPSA) is 54.7 Å². The van der Waals surface area contributed by atoms with E-state index in [2.05, 4.69) is 10.2 Å². The van der Waals surface area contributed by atoms with Gasteiger partial charge in [0.15, 0.2) is 0 Å². The van der Waals surface area contributed by atoms with Gasteiger partial charge >= 0.3 is 0 Å². The number of hydrogen-bond donors (Lipinski definition) is 2. The summed E-state index contributed by atoms with van der Waals surface area (Å²) in [5.74, 6) is 0. The summed E-state index contributed by atoms with van der Waals surface area (Å²) in [6, 6.07) is 12.0. The lowest BCUT2D eigenvalue weighted by Gasteiger charge is -1.92. The first-order valence-corrected chi connectivity index (χ1v) is 4.20. The second kappa shape index (κ2) is 4.79. The summed E-state index contributed by atoms with van der Waals surface area (Å²) in [6.07, 6.45) is 0. The van der Waals surface area contributed by atoms with Crippen molar-refractivity contribution in [1.82, 2.24) is 10.2 Å². The van der Waals surface area contributed by atoms with Crippen LogP contribution in [0.4, 0.5) is 0 Å². The average Bonchev–Trinajstić information content (AvgIpc) is 2.67. The van der Waals surface area contributed by atoms with Crippen molar-refractivity contribution in [2.45, 2.75) is 6.54 Å². The van der Waals surface area contributed by atoms with Crippen LogP contribution in [0.5, 0.6) is 0 Å².